The van der Waals surface area contributed by atoms with Crippen molar-refractivity contribution in [2.24, 2.45) is 4.99 Å². The Hall–Kier alpha value is -1.07. The molecule has 0 unspecified atom stereocenters. The average molecular weight is 499 g/mol. The number of nitrogens with zero attached hydrogens (tertiary/aromatic N) is 1. The van der Waals surface area contributed by atoms with E-state index < -0.39 is 9.84 Å². The summed E-state index contributed by atoms with van der Waals surface area (Å²) >= 11 is 0. The molecule has 0 heterocycles. The van der Waals surface area contributed by atoms with Crippen LogP contribution in [0.15, 0.2) is 23.2 Å². The fourth-order valence-electron chi connectivity index (χ4n) is 2.04. The monoisotopic (exact) mass is 499 g/mol. The van der Waals surface area contributed by atoms with Gasteiger partial charge in [0.15, 0.2) is 5.96 Å². The largest absolute Gasteiger partial charge is 0.496 e. The van der Waals surface area contributed by atoms with E-state index in [9.17, 15) is 8.42 Å². The van der Waals surface area contributed by atoms with Crippen LogP contribution in [0.25, 0.3) is 0 Å². The number of nitrogens with one attached hydrogen (secondary N) is 2. The molecule has 0 aromatic heterocycles. The third-order valence-electron chi connectivity index (χ3n) is 3.33. The highest BCUT2D eigenvalue weighted by molar-refractivity contribution is 14.0. The molecule has 2 N–H and O–H groups in total. The van der Waals surface area contributed by atoms with Gasteiger partial charge in [-0.1, -0.05) is 12.1 Å². The van der Waals surface area contributed by atoms with Crippen LogP contribution >= 0.6 is 24.0 Å². The lowest BCUT2D eigenvalue weighted by Crippen LogP contribution is -2.39. The van der Waals surface area contributed by atoms with Gasteiger partial charge in [0.1, 0.15) is 15.6 Å². The van der Waals surface area contributed by atoms with Crippen molar-refractivity contribution < 1.29 is 17.9 Å². The number of rotatable bonds is 10. The second-order valence-electron chi connectivity index (χ2n) is 5.68. The molecule has 150 valence electrons. The van der Waals surface area contributed by atoms with Crippen molar-refractivity contribution >= 4 is 39.8 Å². The summed E-state index contributed by atoms with van der Waals surface area (Å²) in [6, 6.07) is 6.03. The second kappa shape index (κ2) is 13.2. The molecule has 1 aromatic carbocycles. The highest BCUT2D eigenvalue weighted by Crippen LogP contribution is 2.20. The summed E-state index contributed by atoms with van der Waals surface area (Å²) in [7, 11) is -1.33. The summed E-state index contributed by atoms with van der Waals surface area (Å²) in [5, 5.41) is 6.32. The number of aliphatic imine (C=N–C) groups is 1. The Labute approximate surface area is 173 Å². The van der Waals surface area contributed by atoms with Gasteiger partial charge in [-0.15, -0.1) is 24.0 Å². The summed E-state index contributed by atoms with van der Waals surface area (Å²) < 4.78 is 32.7. The zero-order valence-corrected chi connectivity index (χ0v) is 19.0. The standard InChI is InChI=1S/C17H29N3O4S.HI/c1-5-18-17(19-8-9-24-10-11-25(4,21)22)20-13-15-7-6-14(2)12-16(15)23-3;/h6-7,12H,5,8-11,13H2,1-4H3,(H2,18,19,20);1H. The molecule has 1 rings (SSSR count). The minimum absolute atomic E-state index is 0. The molecule has 26 heavy (non-hydrogen) atoms. The van der Waals surface area contributed by atoms with Crippen molar-refractivity contribution in [1.82, 2.24) is 10.6 Å². The zero-order valence-electron chi connectivity index (χ0n) is 15.9. The van der Waals surface area contributed by atoms with Gasteiger partial charge in [-0.3, -0.25) is 0 Å². The van der Waals surface area contributed by atoms with Crippen LogP contribution in [0.5, 0.6) is 5.75 Å². The Bertz CT molecular complexity index is 666. The van der Waals surface area contributed by atoms with Crippen molar-refractivity contribution in [2.75, 3.05) is 45.4 Å². The summed E-state index contributed by atoms with van der Waals surface area (Å²) in [4.78, 5) is 4.54. The predicted molar refractivity (Wildman–Crippen MR) is 116 cm³/mol. The first-order valence-corrected chi connectivity index (χ1v) is 10.3. The van der Waals surface area contributed by atoms with E-state index in [4.69, 9.17) is 9.47 Å². The van der Waals surface area contributed by atoms with Gasteiger partial charge in [-0.25, -0.2) is 13.4 Å². The van der Waals surface area contributed by atoms with E-state index in [0.717, 1.165) is 23.4 Å². The van der Waals surface area contributed by atoms with Crippen LogP contribution in [-0.4, -0.2) is 59.8 Å². The Kier molecular flexibility index (Phi) is 12.6. The number of aryl methyl sites for hydroxylation is 1. The molecule has 0 aliphatic carbocycles. The van der Waals surface area contributed by atoms with Crippen LogP contribution in [0, 0.1) is 6.92 Å². The molecule has 0 amide bonds. The molecule has 0 spiro atoms. The third-order valence-corrected chi connectivity index (χ3v) is 4.24. The highest BCUT2D eigenvalue weighted by Gasteiger charge is 2.04. The number of ether oxygens (including phenoxy) is 2. The molecular formula is C17H30IN3O4S. The normalized spacial score (nSPS) is 11.6. The maximum absolute atomic E-state index is 11.0. The van der Waals surface area contributed by atoms with E-state index in [1.54, 1.807) is 7.11 Å². The number of guanidine groups is 1. The Morgan fingerprint density at radius 3 is 2.58 bits per heavy atom. The number of benzene rings is 1. The smallest absolute Gasteiger partial charge is 0.191 e. The molecule has 0 radical (unpaired) electrons. The Morgan fingerprint density at radius 1 is 1.23 bits per heavy atom. The van der Waals surface area contributed by atoms with Crippen molar-refractivity contribution in [2.45, 2.75) is 20.4 Å². The van der Waals surface area contributed by atoms with E-state index in [0.29, 0.717) is 25.7 Å². The van der Waals surface area contributed by atoms with Crippen molar-refractivity contribution in [3.8, 4) is 5.75 Å². The molecule has 0 fully saturated rings. The number of hydrogen-bond donors (Lipinski definition) is 2. The summed E-state index contributed by atoms with van der Waals surface area (Å²) in [6.45, 7) is 6.40. The zero-order chi connectivity index (χ0) is 18.7. The quantitative estimate of drug-likeness (QED) is 0.221. The van der Waals surface area contributed by atoms with Gasteiger partial charge < -0.3 is 20.1 Å². The molecule has 0 saturated heterocycles. The van der Waals surface area contributed by atoms with Gasteiger partial charge in [-0.05, 0) is 25.5 Å². The van der Waals surface area contributed by atoms with Crippen LogP contribution in [-0.2, 0) is 21.1 Å². The van der Waals surface area contributed by atoms with Crippen LogP contribution in [0.3, 0.4) is 0 Å². The van der Waals surface area contributed by atoms with E-state index in [2.05, 4.69) is 15.6 Å². The topological polar surface area (TPSA) is 89.0 Å². The van der Waals surface area contributed by atoms with Gasteiger partial charge >= 0.3 is 0 Å². The predicted octanol–water partition coefficient (Wildman–Crippen LogP) is 1.74. The minimum Gasteiger partial charge on any atom is -0.496 e. The Balaban J connectivity index is 0.00000625. The molecule has 0 aliphatic rings. The lowest BCUT2D eigenvalue weighted by Gasteiger charge is -2.12. The average Bonchev–Trinajstić information content (AvgIpc) is 2.55. The molecule has 9 heteroatoms. The lowest BCUT2D eigenvalue weighted by molar-refractivity contribution is 0.154. The first-order chi connectivity index (χ1) is 11.9. The Morgan fingerprint density at radius 2 is 1.96 bits per heavy atom. The fraction of sp³-hybridized carbons (Fsp3) is 0.588. The van der Waals surface area contributed by atoms with Gasteiger partial charge in [-0.2, -0.15) is 0 Å². The highest BCUT2D eigenvalue weighted by atomic mass is 127. The van der Waals surface area contributed by atoms with Crippen LogP contribution in [0.2, 0.25) is 0 Å². The first kappa shape index (κ1) is 24.9. The number of halogens is 1. The molecule has 0 saturated carbocycles. The number of sulfone groups is 1. The lowest BCUT2D eigenvalue weighted by atomic mass is 10.1. The van der Waals surface area contributed by atoms with Crippen molar-refractivity contribution in [3.05, 3.63) is 29.3 Å². The number of hydrogen-bond acceptors (Lipinski definition) is 5. The maximum Gasteiger partial charge on any atom is 0.191 e. The third kappa shape index (κ3) is 10.8. The van der Waals surface area contributed by atoms with E-state index in [-0.39, 0.29) is 36.3 Å². The fourth-order valence-corrected chi connectivity index (χ4v) is 2.46. The van der Waals surface area contributed by atoms with Gasteiger partial charge in [0, 0.05) is 24.9 Å². The van der Waals surface area contributed by atoms with Crippen molar-refractivity contribution in [1.29, 1.82) is 0 Å². The summed E-state index contributed by atoms with van der Waals surface area (Å²) in [5.41, 5.74) is 2.15. The van der Waals surface area contributed by atoms with Crippen molar-refractivity contribution in [3.63, 3.8) is 0 Å². The molecule has 1 aromatic rings. The molecule has 0 aliphatic heterocycles. The van der Waals surface area contributed by atoms with Crippen LogP contribution < -0.4 is 15.4 Å². The molecular weight excluding hydrogens is 469 g/mol. The van der Waals surface area contributed by atoms with Crippen LogP contribution in [0.4, 0.5) is 0 Å². The van der Waals surface area contributed by atoms with E-state index in [1.165, 1.54) is 6.26 Å². The van der Waals surface area contributed by atoms with E-state index in [1.807, 2.05) is 32.0 Å². The summed E-state index contributed by atoms with van der Waals surface area (Å²) in [5.74, 6) is 1.54. The molecule has 0 atom stereocenters. The first-order valence-electron chi connectivity index (χ1n) is 8.27. The minimum atomic E-state index is -2.98. The number of methoxy groups -OCH3 is 1. The second-order valence-corrected chi connectivity index (χ2v) is 7.94. The van der Waals surface area contributed by atoms with E-state index >= 15 is 0 Å². The van der Waals surface area contributed by atoms with Gasteiger partial charge in [0.2, 0.25) is 0 Å². The molecule has 7 nitrogen and oxygen atoms in total. The molecule has 0 bridgehead atoms. The van der Waals surface area contributed by atoms with Crippen LogP contribution in [0.1, 0.15) is 18.1 Å². The SMILES string of the molecule is CCNC(=NCc1ccc(C)cc1OC)NCCOCCS(C)(=O)=O.I. The van der Waals surface area contributed by atoms with Gasteiger partial charge in [0.25, 0.3) is 0 Å². The maximum atomic E-state index is 11.0. The van der Waals surface area contributed by atoms with Gasteiger partial charge in [0.05, 0.1) is 32.6 Å². The summed E-state index contributed by atoms with van der Waals surface area (Å²) in [6.07, 6.45) is 1.20.